The molecule has 1 aliphatic rings. The minimum absolute atomic E-state index is 0. The Morgan fingerprint density at radius 3 is 2.58 bits per heavy atom. The molecule has 0 saturated heterocycles. The Labute approximate surface area is 179 Å². The van der Waals surface area contributed by atoms with Gasteiger partial charge in [0.2, 0.25) is 5.95 Å². The van der Waals surface area contributed by atoms with Crippen LogP contribution in [0.5, 0.6) is 0 Å². The normalized spacial score (nSPS) is 26.4. The number of nitrogens with zero attached hydrogens (tertiary/aromatic N) is 3. The molecule has 0 spiro atoms. The minimum atomic E-state index is -3.55. The van der Waals surface area contributed by atoms with Crippen LogP contribution in [0, 0.1) is 0 Å². The molecule has 0 radical (unpaired) electrons. The summed E-state index contributed by atoms with van der Waals surface area (Å²) >= 11 is 0. The number of nitrogen functional groups attached to an aromatic ring is 1. The number of fused-ring (bicyclic) bond motifs is 1. The molecule has 0 aromatic carbocycles. The van der Waals surface area contributed by atoms with E-state index in [1.54, 1.807) is 13.8 Å². The van der Waals surface area contributed by atoms with E-state index in [0.717, 1.165) is 0 Å². The van der Waals surface area contributed by atoms with Crippen molar-refractivity contribution in [1.29, 1.82) is 0 Å². The highest BCUT2D eigenvalue weighted by atomic mass is 31.2. The molecule has 2 heterocycles. The van der Waals surface area contributed by atoms with Gasteiger partial charge in [0.1, 0.15) is 24.2 Å². The average Bonchev–Trinajstić information content (AvgIpc) is 3.12. The van der Waals surface area contributed by atoms with Gasteiger partial charge in [-0.3, -0.25) is 14.3 Å². The highest BCUT2D eigenvalue weighted by molar-refractivity contribution is 7.53. The summed E-state index contributed by atoms with van der Waals surface area (Å²) in [6, 6.07) is -0.949. The monoisotopic (exact) mass is 459 g/mol. The van der Waals surface area contributed by atoms with Crippen LogP contribution in [0.3, 0.4) is 0 Å². The first-order valence-electron chi connectivity index (χ1n) is 9.37. The van der Waals surface area contributed by atoms with Crippen LogP contribution in [0.4, 0.5) is 5.95 Å². The number of imidazole rings is 1. The van der Waals surface area contributed by atoms with Crippen LogP contribution in [0.2, 0.25) is 0 Å². The molecule has 5 N–H and O–H groups in total. The largest absolute Gasteiger partial charge is 0.387 e. The summed E-state index contributed by atoms with van der Waals surface area (Å²) in [4.78, 5) is 22.5. The van der Waals surface area contributed by atoms with Crippen LogP contribution in [0.1, 0.15) is 34.2 Å². The number of nitrogens with two attached hydrogens (primary N) is 1. The zero-order valence-corrected chi connectivity index (χ0v) is 17.8. The fourth-order valence-corrected chi connectivity index (χ4v) is 5.02. The van der Waals surface area contributed by atoms with Gasteiger partial charge in [0.15, 0.2) is 11.2 Å². The number of anilines is 1. The van der Waals surface area contributed by atoms with Gasteiger partial charge in [0.05, 0.1) is 25.6 Å². The van der Waals surface area contributed by atoms with Crippen LogP contribution in [0.15, 0.2) is 23.3 Å². The van der Waals surface area contributed by atoms with Gasteiger partial charge in [-0.2, -0.15) is 4.98 Å². The average molecular weight is 459 g/mol. The molecule has 2 aromatic rings. The third-order valence-electron chi connectivity index (χ3n) is 4.95. The van der Waals surface area contributed by atoms with E-state index in [1.807, 2.05) is 0 Å². The maximum absolute atomic E-state index is 12.7. The Hall–Kier alpha value is -2.08. The van der Waals surface area contributed by atoms with Crippen molar-refractivity contribution in [3.05, 3.63) is 28.8 Å². The molecule has 12 nitrogen and oxygen atoms in total. The van der Waals surface area contributed by atoms with E-state index in [0.29, 0.717) is 0 Å². The molecule has 0 aliphatic heterocycles. The number of ether oxygens (including phenoxy) is 1. The van der Waals surface area contributed by atoms with Crippen molar-refractivity contribution in [1.82, 2.24) is 19.5 Å². The van der Waals surface area contributed by atoms with E-state index < -0.39 is 43.4 Å². The van der Waals surface area contributed by atoms with Gasteiger partial charge in [0, 0.05) is 0 Å². The lowest BCUT2D eigenvalue weighted by atomic mass is 9.97. The maximum Gasteiger partial charge on any atom is 0.356 e. The fourth-order valence-electron chi connectivity index (χ4n) is 3.67. The zero-order valence-electron chi connectivity index (χ0n) is 16.9. The molecular formula is C18H30N5O7P. The second kappa shape index (κ2) is 9.19. The van der Waals surface area contributed by atoms with Crippen LogP contribution in [-0.4, -0.2) is 67.1 Å². The van der Waals surface area contributed by atoms with Crippen LogP contribution < -0.4 is 11.3 Å². The standard InChI is InChI=1S/C17H26N5O7P.CH4/c1-5-28-30(26,29-6-2)8-27-11-9(3)12(17(4,25)13(11)23)22-7-19-10-14(22)20-16(18)21-15(10)24;/h7,11-13,23,25H,3,5-6,8H2,1-2,4H3,(H3,18,20,21,24);1H4/t11-,12+,13+,17-;/m0./s1. The van der Waals surface area contributed by atoms with E-state index in [4.69, 9.17) is 19.5 Å². The molecule has 4 atom stereocenters. The predicted octanol–water partition coefficient (Wildman–Crippen LogP) is 1.17. The van der Waals surface area contributed by atoms with Gasteiger partial charge in [-0.05, 0) is 26.3 Å². The molecule has 3 rings (SSSR count). The molecule has 0 unspecified atom stereocenters. The molecule has 1 saturated carbocycles. The zero-order chi connectivity index (χ0) is 22.3. The molecule has 1 fully saturated rings. The number of aromatic nitrogens is 4. The van der Waals surface area contributed by atoms with Gasteiger partial charge in [-0.15, -0.1) is 0 Å². The Morgan fingerprint density at radius 1 is 1.39 bits per heavy atom. The van der Waals surface area contributed by atoms with E-state index in [1.165, 1.54) is 17.8 Å². The van der Waals surface area contributed by atoms with Crippen molar-refractivity contribution in [3.8, 4) is 0 Å². The number of nitrogens with one attached hydrogen (secondary N) is 1. The molecule has 1 aliphatic carbocycles. The minimum Gasteiger partial charge on any atom is -0.387 e. The van der Waals surface area contributed by atoms with Crippen molar-refractivity contribution < 1.29 is 28.6 Å². The van der Waals surface area contributed by atoms with Crippen LogP contribution >= 0.6 is 7.60 Å². The summed E-state index contributed by atoms with van der Waals surface area (Å²) in [5, 5.41) is 21.8. The Kier molecular flexibility index (Phi) is 7.47. The van der Waals surface area contributed by atoms with E-state index in [9.17, 15) is 19.6 Å². The van der Waals surface area contributed by atoms with Gasteiger partial charge in [-0.25, -0.2) is 4.98 Å². The summed E-state index contributed by atoms with van der Waals surface area (Å²) in [5.41, 5.74) is 3.73. The van der Waals surface area contributed by atoms with Crippen LogP contribution in [-0.2, 0) is 18.3 Å². The molecular weight excluding hydrogens is 429 g/mol. The highest BCUT2D eigenvalue weighted by Gasteiger charge is 2.55. The summed E-state index contributed by atoms with van der Waals surface area (Å²) in [5.74, 6) is -0.125. The number of H-pyrrole nitrogens is 1. The summed E-state index contributed by atoms with van der Waals surface area (Å²) in [7, 11) is -3.55. The SMILES string of the molecule is C.C=C1[C@H](OCP(=O)(OCC)OCC)[C@@H](O)[C@@](C)(O)[C@@H]1n1cnc2c(=O)[nH]c(N)nc21. The summed E-state index contributed by atoms with van der Waals surface area (Å²) in [6.07, 6.45) is -1.65. The van der Waals surface area contributed by atoms with Crippen molar-refractivity contribution in [2.24, 2.45) is 0 Å². The van der Waals surface area contributed by atoms with Crippen molar-refractivity contribution in [2.45, 2.75) is 52.0 Å². The second-order valence-electron chi connectivity index (χ2n) is 7.09. The Balaban J connectivity index is 0.00000341. The van der Waals surface area contributed by atoms with E-state index >= 15 is 0 Å². The maximum atomic E-state index is 12.7. The fraction of sp³-hybridized carbons (Fsp3) is 0.611. The number of hydrogen-bond donors (Lipinski definition) is 4. The Morgan fingerprint density at radius 2 is 2.00 bits per heavy atom. The highest BCUT2D eigenvalue weighted by Crippen LogP contribution is 2.51. The van der Waals surface area contributed by atoms with E-state index in [-0.39, 0.29) is 43.3 Å². The predicted molar refractivity (Wildman–Crippen MR) is 115 cm³/mol. The number of aliphatic hydroxyl groups excluding tert-OH is 1. The van der Waals surface area contributed by atoms with Crippen LogP contribution in [0.25, 0.3) is 11.2 Å². The molecule has 13 heteroatoms. The molecule has 31 heavy (non-hydrogen) atoms. The lowest BCUT2D eigenvalue weighted by Crippen LogP contribution is -2.44. The number of rotatable bonds is 8. The lowest BCUT2D eigenvalue weighted by Gasteiger charge is -2.29. The van der Waals surface area contributed by atoms with Crippen molar-refractivity contribution in [3.63, 3.8) is 0 Å². The lowest BCUT2D eigenvalue weighted by molar-refractivity contribution is -0.0991. The molecule has 0 amide bonds. The molecule has 174 valence electrons. The smallest absolute Gasteiger partial charge is 0.356 e. The second-order valence-corrected chi connectivity index (χ2v) is 9.08. The third-order valence-corrected chi connectivity index (χ3v) is 6.72. The van der Waals surface area contributed by atoms with Crippen molar-refractivity contribution >= 4 is 24.7 Å². The van der Waals surface area contributed by atoms with E-state index in [2.05, 4.69) is 21.5 Å². The van der Waals surface area contributed by atoms with Gasteiger partial charge >= 0.3 is 7.60 Å². The first-order chi connectivity index (χ1) is 14.1. The summed E-state index contributed by atoms with van der Waals surface area (Å²) < 4.78 is 30.1. The first kappa shape index (κ1) is 25.2. The van der Waals surface area contributed by atoms with Crippen molar-refractivity contribution in [2.75, 3.05) is 25.3 Å². The van der Waals surface area contributed by atoms with Gasteiger partial charge in [0.25, 0.3) is 5.56 Å². The third kappa shape index (κ3) is 4.45. The topological polar surface area (TPSA) is 175 Å². The number of aliphatic hydroxyl groups is 2. The first-order valence-corrected chi connectivity index (χ1v) is 11.1. The molecule has 0 bridgehead atoms. The Bertz CT molecular complexity index is 1040. The molecule has 2 aromatic heterocycles. The summed E-state index contributed by atoms with van der Waals surface area (Å²) in [6.45, 7) is 8.98. The number of hydrogen-bond acceptors (Lipinski definition) is 10. The van der Waals surface area contributed by atoms with Gasteiger partial charge in [-0.1, -0.05) is 14.0 Å². The number of aromatic amines is 1. The van der Waals surface area contributed by atoms with Gasteiger partial charge < -0.3 is 34.3 Å². The quantitative estimate of drug-likeness (QED) is 0.331.